The predicted molar refractivity (Wildman–Crippen MR) is 102 cm³/mol. The molecule has 0 amide bonds. The van der Waals surface area contributed by atoms with Crippen molar-refractivity contribution in [2.75, 3.05) is 11.9 Å². The molecule has 8 heteroatoms. The molecule has 2 aromatic rings. The molecule has 0 saturated heterocycles. The molecule has 0 saturated carbocycles. The molecule has 2 rings (SSSR count). The van der Waals surface area contributed by atoms with Crippen molar-refractivity contribution in [1.82, 2.24) is 4.72 Å². The highest BCUT2D eigenvalue weighted by molar-refractivity contribution is 7.89. The number of anilines is 1. The molecular formula is C18H23N3O4S. The molecular weight excluding hydrogens is 354 g/mol. The average Bonchev–Trinajstić information content (AvgIpc) is 2.59. The normalized spacial score (nSPS) is 12.8. The molecule has 0 spiro atoms. The summed E-state index contributed by atoms with van der Waals surface area (Å²) in [5.74, 6) is 0.141. The van der Waals surface area contributed by atoms with Gasteiger partial charge in [0.1, 0.15) is 5.69 Å². The maximum absolute atomic E-state index is 12.2. The topological polar surface area (TPSA) is 101 Å². The van der Waals surface area contributed by atoms with Crippen molar-refractivity contribution in [3.8, 4) is 0 Å². The van der Waals surface area contributed by atoms with Gasteiger partial charge in [-0.2, -0.15) is 0 Å². The maximum Gasteiger partial charge on any atom is 0.293 e. The van der Waals surface area contributed by atoms with Crippen LogP contribution in [0.25, 0.3) is 0 Å². The fourth-order valence-corrected chi connectivity index (χ4v) is 3.79. The molecule has 0 aliphatic carbocycles. The Balaban J connectivity index is 2.23. The van der Waals surface area contributed by atoms with E-state index in [2.05, 4.69) is 10.0 Å². The lowest BCUT2D eigenvalue weighted by molar-refractivity contribution is -0.384. The number of nitro benzene ring substituents is 1. The Morgan fingerprint density at radius 2 is 1.73 bits per heavy atom. The maximum atomic E-state index is 12.2. The summed E-state index contributed by atoms with van der Waals surface area (Å²) in [6.45, 7) is 5.88. The Hall–Kier alpha value is -2.45. The molecule has 0 aliphatic heterocycles. The third kappa shape index (κ3) is 5.03. The van der Waals surface area contributed by atoms with Crippen LogP contribution in [-0.4, -0.2) is 25.9 Å². The zero-order chi connectivity index (χ0) is 19.3. The molecule has 26 heavy (non-hydrogen) atoms. The first-order valence-electron chi connectivity index (χ1n) is 8.30. The first-order valence-corrected chi connectivity index (χ1v) is 9.78. The summed E-state index contributed by atoms with van der Waals surface area (Å²) in [5.41, 5.74) is 1.14. The summed E-state index contributed by atoms with van der Waals surface area (Å²) in [6, 6.07) is 13.4. The number of sulfonamides is 1. The van der Waals surface area contributed by atoms with Crippen LogP contribution in [0.15, 0.2) is 53.4 Å². The van der Waals surface area contributed by atoms with Gasteiger partial charge in [-0.1, -0.05) is 37.3 Å². The number of benzene rings is 2. The van der Waals surface area contributed by atoms with E-state index in [4.69, 9.17) is 0 Å². The zero-order valence-electron chi connectivity index (χ0n) is 15.0. The Morgan fingerprint density at radius 1 is 1.08 bits per heavy atom. The van der Waals surface area contributed by atoms with Crippen molar-refractivity contribution in [3.05, 3.63) is 64.2 Å². The SMILES string of the molecule is CC(C)NS(=O)(=O)c1ccc(NC[C@@H](C)c2ccccc2)c([N+](=O)[O-])c1. The van der Waals surface area contributed by atoms with Gasteiger partial charge in [0.15, 0.2) is 0 Å². The first-order chi connectivity index (χ1) is 12.2. The van der Waals surface area contributed by atoms with E-state index in [-0.39, 0.29) is 22.5 Å². The van der Waals surface area contributed by atoms with Crippen molar-refractivity contribution in [1.29, 1.82) is 0 Å². The molecule has 0 heterocycles. The fourth-order valence-electron chi connectivity index (χ4n) is 2.52. The highest BCUT2D eigenvalue weighted by Gasteiger charge is 2.22. The molecule has 0 aliphatic rings. The Bertz CT molecular complexity index is 867. The molecule has 0 aromatic heterocycles. The molecule has 140 valence electrons. The van der Waals surface area contributed by atoms with Gasteiger partial charge in [0.25, 0.3) is 5.69 Å². The van der Waals surface area contributed by atoms with Crippen LogP contribution in [0.1, 0.15) is 32.3 Å². The van der Waals surface area contributed by atoms with Crippen LogP contribution in [0.3, 0.4) is 0 Å². The number of nitrogens with one attached hydrogen (secondary N) is 2. The Labute approximate surface area is 153 Å². The van der Waals surface area contributed by atoms with Gasteiger partial charge in [0.05, 0.1) is 9.82 Å². The lowest BCUT2D eigenvalue weighted by atomic mass is 10.0. The third-order valence-electron chi connectivity index (χ3n) is 3.83. The largest absolute Gasteiger partial charge is 0.379 e. The van der Waals surface area contributed by atoms with Gasteiger partial charge in [0.2, 0.25) is 10.0 Å². The third-order valence-corrected chi connectivity index (χ3v) is 5.49. The minimum absolute atomic E-state index is 0.125. The molecule has 0 bridgehead atoms. The van der Waals surface area contributed by atoms with Crippen molar-refractivity contribution in [2.45, 2.75) is 37.6 Å². The van der Waals surface area contributed by atoms with Gasteiger partial charge in [-0.15, -0.1) is 0 Å². The van der Waals surface area contributed by atoms with Crippen LogP contribution in [-0.2, 0) is 10.0 Å². The summed E-state index contributed by atoms with van der Waals surface area (Å²) in [5, 5.41) is 14.4. The van der Waals surface area contributed by atoms with Crippen LogP contribution >= 0.6 is 0 Å². The molecule has 0 radical (unpaired) electrons. The van der Waals surface area contributed by atoms with Crippen LogP contribution in [0.5, 0.6) is 0 Å². The summed E-state index contributed by atoms with van der Waals surface area (Å²) in [6.07, 6.45) is 0. The van der Waals surface area contributed by atoms with Crippen molar-refractivity contribution in [3.63, 3.8) is 0 Å². The van der Waals surface area contributed by atoms with Crippen LogP contribution in [0, 0.1) is 10.1 Å². The second-order valence-corrected chi connectivity index (χ2v) is 8.12. The monoisotopic (exact) mass is 377 g/mol. The fraction of sp³-hybridized carbons (Fsp3) is 0.333. The Morgan fingerprint density at radius 3 is 2.31 bits per heavy atom. The van der Waals surface area contributed by atoms with E-state index < -0.39 is 14.9 Å². The molecule has 1 atom stereocenters. The van der Waals surface area contributed by atoms with Crippen molar-refractivity contribution in [2.24, 2.45) is 0 Å². The number of hydrogen-bond acceptors (Lipinski definition) is 5. The van der Waals surface area contributed by atoms with Gasteiger partial charge >= 0.3 is 0 Å². The zero-order valence-corrected chi connectivity index (χ0v) is 15.8. The van der Waals surface area contributed by atoms with Crippen LogP contribution < -0.4 is 10.0 Å². The van der Waals surface area contributed by atoms with Crippen molar-refractivity contribution >= 4 is 21.4 Å². The molecule has 0 fully saturated rings. The summed E-state index contributed by atoms with van der Waals surface area (Å²) < 4.78 is 26.9. The summed E-state index contributed by atoms with van der Waals surface area (Å²) in [4.78, 5) is 10.7. The van der Waals surface area contributed by atoms with Gasteiger partial charge < -0.3 is 5.32 Å². The van der Waals surface area contributed by atoms with Gasteiger partial charge in [0, 0.05) is 18.7 Å². The van der Waals surface area contributed by atoms with E-state index in [1.807, 2.05) is 37.3 Å². The van der Waals surface area contributed by atoms with Gasteiger partial charge in [-0.3, -0.25) is 10.1 Å². The second-order valence-electron chi connectivity index (χ2n) is 6.40. The van der Waals surface area contributed by atoms with Crippen molar-refractivity contribution < 1.29 is 13.3 Å². The number of nitrogens with zero attached hydrogens (tertiary/aromatic N) is 1. The Kier molecular flexibility index (Phi) is 6.33. The highest BCUT2D eigenvalue weighted by Crippen LogP contribution is 2.28. The van der Waals surface area contributed by atoms with Crippen LogP contribution in [0.2, 0.25) is 0 Å². The quantitative estimate of drug-likeness (QED) is 0.541. The minimum atomic E-state index is -3.79. The van der Waals surface area contributed by atoms with E-state index in [0.29, 0.717) is 12.2 Å². The first kappa shape index (κ1) is 19.9. The predicted octanol–water partition coefficient (Wildman–Crippen LogP) is 3.50. The minimum Gasteiger partial charge on any atom is -0.379 e. The number of hydrogen-bond donors (Lipinski definition) is 2. The molecule has 2 N–H and O–H groups in total. The molecule has 0 unspecified atom stereocenters. The standard InChI is InChI=1S/C18H23N3O4S/c1-13(2)20-26(24,25)16-9-10-17(18(11-16)21(22)23)19-12-14(3)15-7-5-4-6-8-15/h4-11,13-14,19-20H,12H2,1-3H3/t14-/m1/s1. The highest BCUT2D eigenvalue weighted by atomic mass is 32.2. The van der Waals surface area contributed by atoms with E-state index in [1.54, 1.807) is 13.8 Å². The molecule has 7 nitrogen and oxygen atoms in total. The number of rotatable bonds is 8. The van der Waals surface area contributed by atoms with E-state index >= 15 is 0 Å². The second kappa shape index (κ2) is 8.29. The van der Waals surface area contributed by atoms with E-state index in [1.165, 1.54) is 12.1 Å². The van der Waals surface area contributed by atoms with Gasteiger partial charge in [-0.05, 0) is 37.5 Å². The smallest absolute Gasteiger partial charge is 0.293 e. The van der Waals surface area contributed by atoms with E-state index in [0.717, 1.165) is 11.6 Å². The summed E-state index contributed by atoms with van der Waals surface area (Å²) in [7, 11) is -3.79. The molecule has 2 aromatic carbocycles. The average molecular weight is 377 g/mol. The lowest BCUT2D eigenvalue weighted by Gasteiger charge is -2.15. The van der Waals surface area contributed by atoms with Crippen LogP contribution in [0.4, 0.5) is 11.4 Å². The van der Waals surface area contributed by atoms with Gasteiger partial charge in [-0.25, -0.2) is 13.1 Å². The lowest BCUT2D eigenvalue weighted by Crippen LogP contribution is -2.30. The number of nitro groups is 1. The van der Waals surface area contributed by atoms with E-state index in [9.17, 15) is 18.5 Å². The summed E-state index contributed by atoms with van der Waals surface area (Å²) >= 11 is 0.